The Kier molecular flexibility index (Phi) is 18.9. The molecule has 12 rings (SSSR count). The van der Waals surface area contributed by atoms with Gasteiger partial charge in [-0.05, 0) is 133 Å². The van der Waals surface area contributed by atoms with E-state index in [1.165, 1.54) is 113 Å². The number of carbonyl (C=O) groups excluding carboxylic acids is 2. The van der Waals surface area contributed by atoms with Crippen LogP contribution in [0.1, 0.15) is 94.9 Å². The van der Waals surface area contributed by atoms with Crippen LogP contribution in [0.3, 0.4) is 0 Å². The van der Waals surface area contributed by atoms with Crippen LogP contribution in [0.4, 0.5) is 43.9 Å². The Morgan fingerprint density at radius 2 is 0.877 bits per heavy atom. The molecule has 2 aliphatic rings. The van der Waals surface area contributed by atoms with Crippen LogP contribution in [-0.2, 0) is 69.0 Å². The first-order valence-corrected chi connectivity index (χ1v) is 34.9. The Morgan fingerprint density at radius 1 is 0.509 bits per heavy atom. The molecule has 0 unspecified atom stereocenters. The summed E-state index contributed by atoms with van der Waals surface area (Å²) in [6, 6.07) is 19.6. The van der Waals surface area contributed by atoms with Crippen molar-refractivity contribution < 1.29 is 87.6 Å². The van der Waals surface area contributed by atoms with Gasteiger partial charge in [-0.15, -0.1) is 23.5 Å². The molecule has 2 fully saturated rings. The lowest BCUT2D eigenvalue weighted by Crippen LogP contribution is -2.48. The Morgan fingerprint density at radius 3 is 1.26 bits per heavy atom. The van der Waals surface area contributed by atoms with E-state index >= 15 is 9.18 Å². The van der Waals surface area contributed by atoms with Crippen molar-refractivity contribution >= 4 is 57.1 Å². The van der Waals surface area contributed by atoms with Crippen LogP contribution in [0.15, 0.2) is 201 Å². The van der Waals surface area contributed by atoms with E-state index in [-0.39, 0.29) is 121 Å². The minimum Gasteiger partial charge on any atom is -0.383 e. The fourth-order valence-electron chi connectivity index (χ4n) is 11.9. The molecular formula is C82H80F10N6O6S2. The Bertz CT molecular complexity index is 5830. The van der Waals surface area contributed by atoms with Gasteiger partial charge in [-0.3, -0.25) is 19.2 Å². The van der Waals surface area contributed by atoms with E-state index < -0.39 is 202 Å². The number of fused-ring (bicyclic) bond motifs is 2. The highest BCUT2D eigenvalue weighted by Crippen LogP contribution is 2.36. The summed E-state index contributed by atoms with van der Waals surface area (Å²) in [6.07, 6.45) is -8.63. The zero-order valence-electron chi connectivity index (χ0n) is 75.3. The van der Waals surface area contributed by atoms with Gasteiger partial charge in [0.15, 0.2) is 34.1 Å². The fourth-order valence-corrected chi connectivity index (χ4v) is 13.7. The third kappa shape index (κ3) is 19.6. The number of piperidine rings is 2. The van der Waals surface area contributed by atoms with Crippen molar-refractivity contribution in [2.24, 2.45) is 0 Å². The molecule has 2 aliphatic heterocycles. The smallest absolute Gasteiger partial charge is 0.383 e. The van der Waals surface area contributed by atoms with Crippen LogP contribution in [-0.4, -0.2) is 119 Å². The number of amides is 2. The lowest BCUT2D eigenvalue weighted by Gasteiger charge is -2.39. The second-order valence-electron chi connectivity index (χ2n) is 24.7. The van der Waals surface area contributed by atoms with Gasteiger partial charge >= 0.3 is 12.4 Å². The minimum atomic E-state index is -4.57. The lowest BCUT2D eigenvalue weighted by molar-refractivity contribution is -0.138. The Balaban J connectivity index is 0.000000241. The molecule has 24 heteroatoms. The summed E-state index contributed by atoms with van der Waals surface area (Å²) in [5.74, 6) is -7.60. The predicted molar refractivity (Wildman–Crippen MR) is 395 cm³/mol. The number of alkyl halides is 6. The van der Waals surface area contributed by atoms with Crippen molar-refractivity contribution in [1.82, 2.24) is 28.7 Å². The number of pyridine rings is 2. The number of hydrogen-bond donors (Lipinski definition) is 0. The van der Waals surface area contributed by atoms with Crippen LogP contribution in [0.2, 0.25) is 0 Å². The lowest BCUT2D eigenvalue weighted by atomic mass is 10.00. The van der Waals surface area contributed by atoms with Gasteiger partial charge in [0.2, 0.25) is 11.8 Å². The van der Waals surface area contributed by atoms with E-state index in [0.717, 1.165) is 67.5 Å². The second kappa shape index (κ2) is 35.1. The normalized spacial score (nSPS) is 17.3. The topological polar surface area (TPSA) is 110 Å². The van der Waals surface area contributed by atoms with Crippen molar-refractivity contribution in [2.75, 3.05) is 66.6 Å². The number of methoxy groups -OCH3 is 2. The average Bonchev–Trinajstić information content (AvgIpc) is 0.731. The highest BCUT2D eigenvalue weighted by Gasteiger charge is 2.34. The Hall–Kier alpha value is -9.04. The largest absolute Gasteiger partial charge is 0.416 e. The molecule has 0 spiro atoms. The summed E-state index contributed by atoms with van der Waals surface area (Å²) >= 11 is 0.734. The van der Waals surface area contributed by atoms with Crippen molar-refractivity contribution in [2.45, 2.75) is 112 Å². The summed E-state index contributed by atoms with van der Waals surface area (Å²) in [5.41, 5.74) is -7.22. The molecule has 2 saturated heterocycles. The molecule has 2 aromatic heterocycles. The molecule has 556 valence electrons. The monoisotopic (exact) mass is 1520 g/mol. The summed E-state index contributed by atoms with van der Waals surface area (Å²) < 4.78 is 308. The number of ether oxygens (including phenoxy) is 2. The zero-order chi connectivity index (χ0) is 91.3. The highest BCUT2D eigenvalue weighted by molar-refractivity contribution is 7.98. The van der Waals surface area contributed by atoms with Crippen molar-refractivity contribution in [3.63, 3.8) is 0 Å². The number of halogens is 10. The van der Waals surface area contributed by atoms with E-state index in [4.69, 9.17) is 28.7 Å². The van der Waals surface area contributed by atoms with Crippen molar-refractivity contribution in [3.8, 4) is 22.3 Å². The molecule has 4 heterocycles. The number of benzene rings is 8. The zero-order valence-corrected chi connectivity index (χ0v) is 58.9. The summed E-state index contributed by atoms with van der Waals surface area (Å²) in [7, 11) is 2.43. The summed E-state index contributed by atoms with van der Waals surface area (Å²) in [6.45, 7) is -8.00. The number of hydrogen-bond acceptors (Lipinski definition) is 10. The number of aromatic nitrogens is 2. The first kappa shape index (κ1) is 57.2. The molecule has 0 aliphatic carbocycles. The molecule has 10 aromatic rings. The molecule has 106 heavy (non-hydrogen) atoms. The molecule has 12 nitrogen and oxygen atoms in total. The van der Waals surface area contributed by atoms with Crippen molar-refractivity contribution in [1.29, 1.82) is 0 Å². The van der Waals surface area contributed by atoms with Gasteiger partial charge in [-0.25, -0.2) is 17.6 Å². The van der Waals surface area contributed by atoms with E-state index in [0.29, 0.717) is 34.0 Å². The third-order valence-electron chi connectivity index (χ3n) is 17.6. The highest BCUT2D eigenvalue weighted by atomic mass is 32.2. The SMILES string of the molecule is [2H]c1c(C)c([2H])c2c(=O)c([2H])c(SC([2H])([2H])c3cccc(F)c3F)n(CC(=O)N(C3CCN(CC([2H])([2H])OC)CC3)C([2H])([2H])c3ccc(-c4ccc(C(F)(F)F)cc4)cc3)c2c1[2H].[2H]c1c(C)c([2H])c2c(=O)c([2H])c(SCc3cccc(F)c3F)n(CC(=O)N(C3CCN(CC([2H])([2H])OC)CC3)C([2H])([2H])c3ccc(-c4ccc(C(F)(F)F)cc4)cc3)c2c1[2H]. The number of carbonyl (C=O) groups is 2. The molecular weight excluding hydrogens is 1420 g/mol. The Labute approximate surface area is 641 Å². The standard InChI is InChI=1S/2C41H40F5N3O3S/c2*1-27-6-15-36-34(22-27)37(50)23-39(53-26-31-4-3-5-35(42)40(31)43)49(36)25-38(51)48(33-16-18-47(19-17-33)20-21-52-2)24-28-7-9-29(10-8-28)30-11-13-32(14-12-30)41(44,45)46/h2*3-15,22-23,33H,16-21,24-26H2,1-2H3/i6D,15D,21D2,22D,23D,24D2,26D2;6D,15D,21D2,22D,23D,24D2. The number of nitrogens with zero attached hydrogens (tertiary/aromatic N) is 6. The minimum absolute atomic E-state index is 0.0181. The predicted octanol–water partition coefficient (Wildman–Crippen LogP) is 17.4. The number of rotatable bonds is 24. The molecule has 0 N–H and O–H groups in total. The summed E-state index contributed by atoms with van der Waals surface area (Å²) in [5, 5.41) is -1.92. The van der Waals surface area contributed by atoms with Gasteiger partial charge in [0.05, 0.1) is 67.3 Å². The van der Waals surface area contributed by atoms with Gasteiger partial charge in [-0.1, -0.05) is 120 Å². The third-order valence-corrected chi connectivity index (χ3v) is 19.4. The maximum Gasteiger partial charge on any atom is 0.416 e. The first-order valence-electron chi connectivity index (χ1n) is 42.1. The second-order valence-corrected chi connectivity index (χ2v) is 26.5. The van der Waals surface area contributed by atoms with Gasteiger partial charge < -0.3 is 38.2 Å². The van der Waals surface area contributed by atoms with E-state index in [1.807, 2.05) is 0 Å². The molecule has 0 radical (unpaired) electrons. The van der Waals surface area contributed by atoms with E-state index in [9.17, 15) is 59.4 Å². The number of likely N-dealkylation sites (tertiary alicyclic amines) is 2. The number of thioether (sulfide) groups is 2. The molecule has 0 atom stereocenters. The molecule has 0 saturated carbocycles. The van der Waals surface area contributed by atoms with Crippen molar-refractivity contribution in [3.05, 3.63) is 270 Å². The van der Waals surface area contributed by atoms with Crippen LogP contribution < -0.4 is 10.9 Å². The maximum atomic E-state index is 15.1. The average molecular weight is 1520 g/mol. The first-order chi connectivity index (χ1) is 57.9. The molecule has 2 amide bonds. The van der Waals surface area contributed by atoms with Crippen LogP contribution in [0, 0.1) is 37.1 Å². The van der Waals surface area contributed by atoms with E-state index in [1.54, 1.807) is 9.80 Å². The van der Waals surface area contributed by atoms with Gasteiger partial charge in [0.25, 0.3) is 0 Å². The quantitative estimate of drug-likeness (QED) is 0.0428. The van der Waals surface area contributed by atoms with Gasteiger partial charge in [0.1, 0.15) is 13.1 Å². The van der Waals surface area contributed by atoms with Gasteiger partial charge in [-0.2, -0.15) is 26.3 Å². The molecule has 0 bridgehead atoms. The van der Waals surface area contributed by atoms with Crippen LogP contribution in [0.25, 0.3) is 44.1 Å². The summed E-state index contributed by atoms with van der Waals surface area (Å²) in [4.78, 5) is 63.0. The molecule has 8 aromatic carbocycles. The van der Waals surface area contributed by atoms with Crippen LogP contribution >= 0.6 is 23.5 Å². The maximum absolute atomic E-state index is 15.1. The van der Waals surface area contributed by atoms with Gasteiger partial charge in [0, 0.05) is 127 Å². The fraction of sp³-hybridized carbons (Fsp3) is 0.317. The van der Waals surface area contributed by atoms with Crippen LogP contribution in [0.5, 0.6) is 0 Å². The van der Waals surface area contributed by atoms with E-state index in [2.05, 4.69) is 0 Å².